The molecular weight excluding hydrogens is 318 g/mol. The maximum atomic E-state index is 12.2. The molecule has 0 aliphatic rings. The Hall–Kier alpha value is -3.05. The number of hydrogen-bond donors (Lipinski definition) is 1. The maximum absolute atomic E-state index is 12.2. The average molecular weight is 331 g/mol. The van der Waals surface area contributed by atoms with Crippen LogP contribution in [-0.4, -0.2) is 15.9 Å². The molecule has 4 nitrogen and oxygen atoms in total. The molecule has 2 aromatic carbocycles. The van der Waals surface area contributed by atoms with Gasteiger partial charge in [0.1, 0.15) is 0 Å². The van der Waals surface area contributed by atoms with Gasteiger partial charge in [0.2, 0.25) is 0 Å². The van der Waals surface area contributed by atoms with Crippen LogP contribution in [0.4, 0.5) is 5.13 Å². The molecule has 0 spiro atoms. The number of thiazole rings is 1. The molecule has 0 radical (unpaired) electrons. The van der Waals surface area contributed by atoms with Gasteiger partial charge >= 0.3 is 0 Å². The second-order valence-corrected chi connectivity index (χ2v) is 6.15. The van der Waals surface area contributed by atoms with Gasteiger partial charge in [0.25, 0.3) is 5.91 Å². The third-order valence-corrected chi connectivity index (χ3v) is 4.45. The first-order chi connectivity index (χ1) is 11.8. The first-order valence-electron chi connectivity index (χ1n) is 7.46. The van der Waals surface area contributed by atoms with Gasteiger partial charge in [-0.2, -0.15) is 0 Å². The van der Waals surface area contributed by atoms with Gasteiger partial charge in [-0.15, -0.1) is 11.3 Å². The van der Waals surface area contributed by atoms with Crippen molar-refractivity contribution in [2.45, 2.75) is 0 Å². The van der Waals surface area contributed by atoms with Crippen LogP contribution in [0.5, 0.6) is 0 Å². The highest BCUT2D eigenvalue weighted by Crippen LogP contribution is 2.27. The Morgan fingerprint density at radius 1 is 1.00 bits per heavy atom. The molecule has 0 bridgehead atoms. The van der Waals surface area contributed by atoms with Gasteiger partial charge in [-0.05, 0) is 29.0 Å². The lowest BCUT2D eigenvalue weighted by molar-refractivity contribution is 0.102. The van der Waals surface area contributed by atoms with Gasteiger partial charge in [-0.25, -0.2) is 4.98 Å². The van der Waals surface area contributed by atoms with Crippen LogP contribution in [0, 0.1) is 0 Å². The van der Waals surface area contributed by atoms with Crippen molar-refractivity contribution in [1.29, 1.82) is 0 Å². The molecule has 116 valence electrons. The number of nitrogens with zero attached hydrogens (tertiary/aromatic N) is 2. The minimum absolute atomic E-state index is 0.206. The highest BCUT2D eigenvalue weighted by atomic mass is 32.1. The molecule has 0 atom stereocenters. The predicted octanol–water partition coefficient (Wildman–Crippen LogP) is 4.61. The van der Waals surface area contributed by atoms with Crippen LogP contribution >= 0.6 is 11.3 Å². The number of hydrogen-bond acceptors (Lipinski definition) is 4. The molecule has 0 saturated carbocycles. The maximum Gasteiger partial charge on any atom is 0.259 e. The lowest BCUT2D eigenvalue weighted by Gasteiger charge is -2.02. The summed E-state index contributed by atoms with van der Waals surface area (Å²) in [5.74, 6) is -0.206. The van der Waals surface area contributed by atoms with E-state index >= 15 is 0 Å². The molecule has 1 N–H and O–H groups in total. The van der Waals surface area contributed by atoms with E-state index in [2.05, 4.69) is 39.6 Å². The average Bonchev–Trinajstić information content (AvgIpc) is 3.10. The van der Waals surface area contributed by atoms with E-state index in [1.54, 1.807) is 18.3 Å². The van der Waals surface area contributed by atoms with Crippen LogP contribution in [0.2, 0.25) is 0 Å². The van der Waals surface area contributed by atoms with E-state index in [4.69, 9.17) is 0 Å². The van der Waals surface area contributed by atoms with Crippen molar-refractivity contribution in [3.8, 4) is 11.3 Å². The van der Waals surface area contributed by atoms with E-state index in [1.165, 1.54) is 28.3 Å². The second-order valence-electron chi connectivity index (χ2n) is 5.30. The lowest BCUT2D eigenvalue weighted by atomic mass is 10.1. The zero-order valence-electron chi connectivity index (χ0n) is 12.6. The van der Waals surface area contributed by atoms with Crippen molar-refractivity contribution in [1.82, 2.24) is 9.97 Å². The molecule has 2 heterocycles. The van der Waals surface area contributed by atoms with Crippen LogP contribution in [0.25, 0.3) is 22.0 Å². The number of anilines is 1. The molecule has 0 saturated heterocycles. The summed E-state index contributed by atoms with van der Waals surface area (Å²) in [5, 5.41) is 7.70. The lowest BCUT2D eigenvalue weighted by Crippen LogP contribution is -2.11. The van der Waals surface area contributed by atoms with Crippen molar-refractivity contribution >= 4 is 33.1 Å². The third kappa shape index (κ3) is 2.89. The Morgan fingerprint density at radius 2 is 1.88 bits per heavy atom. The summed E-state index contributed by atoms with van der Waals surface area (Å²) in [7, 11) is 0. The fraction of sp³-hybridized carbons (Fsp3) is 0. The van der Waals surface area contributed by atoms with Crippen molar-refractivity contribution in [2.24, 2.45) is 0 Å². The predicted molar refractivity (Wildman–Crippen MR) is 97.2 cm³/mol. The Labute approximate surface area is 142 Å². The molecule has 5 heteroatoms. The number of benzene rings is 2. The van der Waals surface area contributed by atoms with E-state index in [-0.39, 0.29) is 5.91 Å². The number of pyridine rings is 1. The first-order valence-corrected chi connectivity index (χ1v) is 8.34. The highest BCUT2D eigenvalue weighted by Gasteiger charge is 2.10. The van der Waals surface area contributed by atoms with Crippen LogP contribution in [0.15, 0.2) is 72.4 Å². The standard InChI is InChI=1S/C19H13N3OS/c23-18(16-6-3-9-20-11-16)22-19-21-17(12-24-19)15-8-7-13-4-1-2-5-14(13)10-15/h1-12H,(H,21,22,23). The Balaban J connectivity index is 1.58. The first kappa shape index (κ1) is 14.5. The summed E-state index contributed by atoms with van der Waals surface area (Å²) in [6.07, 6.45) is 3.17. The topological polar surface area (TPSA) is 54.9 Å². The molecule has 4 aromatic rings. The molecule has 0 fully saturated rings. The molecule has 2 aromatic heterocycles. The number of aromatic nitrogens is 2. The number of fused-ring (bicyclic) bond motifs is 1. The molecule has 24 heavy (non-hydrogen) atoms. The molecule has 4 rings (SSSR count). The molecule has 0 aliphatic carbocycles. The molecule has 0 aliphatic heterocycles. The van der Waals surface area contributed by atoms with Crippen LogP contribution < -0.4 is 5.32 Å². The largest absolute Gasteiger partial charge is 0.298 e. The van der Waals surface area contributed by atoms with E-state index in [0.717, 1.165) is 11.3 Å². The number of rotatable bonds is 3. The number of amides is 1. The molecule has 1 amide bonds. The number of carbonyl (C=O) groups is 1. The summed E-state index contributed by atoms with van der Waals surface area (Å²) in [5.41, 5.74) is 2.40. The zero-order valence-corrected chi connectivity index (χ0v) is 13.5. The minimum Gasteiger partial charge on any atom is -0.298 e. The van der Waals surface area contributed by atoms with E-state index < -0.39 is 0 Å². The van der Waals surface area contributed by atoms with Gasteiger partial charge in [-0.1, -0.05) is 36.4 Å². The monoisotopic (exact) mass is 331 g/mol. The van der Waals surface area contributed by atoms with E-state index in [0.29, 0.717) is 10.7 Å². The van der Waals surface area contributed by atoms with Gasteiger partial charge in [0.15, 0.2) is 5.13 Å². The van der Waals surface area contributed by atoms with Crippen LogP contribution in [0.3, 0.4) is 0 Å². The molecular formula is C19H13N3OS. The summed E-state index contributed by atoms with van der Waals surface area (Å²) in [6, 6.07) is 17.9. The minimum atomic E-state index is -0.206. The van der Waals surface area contributed by atoms with Crippen molar-refractivity contribution in [3.63, 3.8) is 0 Å². The molecule has 0 unspecified atom stereocenters. The highest BCUT2D eigenvalue weighted by molar-refractivity contribution is 7.14. The number of carbonyl (C=O) groups excluding carboxylic acids is 1. The summed E-state index contributed by atoms with van der Waals surface area (Å²) in [4.78, 5) is 20.6. The Kier molecular flexibility index (Phi) is 3.76. The van der Waals surface area contributed by atoms with Crippen LogP contribution in [0.1, 0.15) is 10.4 Å². The van der Waals surface area contributed by atoms with Crippen molar-refractivity contribution in [2.75, 3.05) is 5.32 Å². The fourth-order valence-corrected chi connectivity index (χ4v) is 3.19. The van der Waals surface area contributed by atoms with Crippen molar-refractivity contribution in [3.05, 3.63) is 77.9 Å². The summed E-state index contributed by atoms with van der Waals surface area (Å²) >= 11 is 1.41. The SMILES string of the molecule is O=C(Nc1nc(-c2ccc3ccccc3c2)cs1)c1cccnc1. The third-order valence-electron chi connectivity index (χ3n) is 3.69. The Morgan fingerprint density at radius 3 is 2.71 bits per heavy atom. The van der Waals surface area contributed by atoms with Crippen molar-refractivity contribution < 1.29 is 4.79 Å². The quantitative estimate of drug-likeness (QED) is 0.596. The normalized spacial score (nSPS) is 10.7. The smallest absolute Gasteiger partial charge is 0.259 e. The second kappa shape index (κ2) is 6.22. The van der Waals surface area contributed by atoms with Gasteiger partial charge < -0.3 is 0 Å². The van der Waals surface area contributed by atoms with E-state index in [1.807, 2.05) is 23.6 Å². The van der Waals surface area contributed by atoms with Gasteiger partial charge in [0.05, 0.1) is 11.3 Å². The van der Waals surface area contributed by atoms with Gasteiger partial charge in [-0.3, -0.25) is 15.1 Å². The number of nitrogens with one attached hydrogen (secondary N) is 1. The summed E-state index contributed by atoms with van der Waals surface area (Å²) in [6.45, 7) is 0. The Bertz CT molecular complexity index is 1010. The van der Waals surface area contributed by atoms with Gasteiger partial charge in [0, 0.05) is 23.3 Å². The van der Waals surface area contributed by atoms with Crippen LogP contribution in [-0.2, 0) is 0 Å². The summed E-state index contributed by atoms with van der Waals surface area (Å²) < 4.78 is 0. The fourth-order valence-electron chi connectivity index (χ4n) is 2.48. The zero-order chi connectivity index (χ0) is 16.4. The van der Waals surface area contributed by atoms with E-state index in [9.17, 15) is 4.79 Å².